The Bertz CT molecular complexity index is 1510. The summed E-state index contributed by atoms with van der Waals surface area (Å²) in [6, 6.07) is 11.3. The average molecular weight is 454 g/mol. The quantitative estimate of drug-likeness (QED) is 0.479. The summed E-state index contributed by atoms with van der Waals surface area (Å²) in [5.41, 5.74) is 6.21. The smallest absolute Gasteiger partial charge is 0.255 e. The summed E-state index contributed by atoms with van der Waals surface area (Å²) in [5, 5.41) is 7.72. The maximum Gasteiger partial charge on any atom is 0.255 e. The number of benzene rings is 2. The van der Waals surface area contributed by atoms with Crippen LogP contribution in [0.1, 0.15) is 28.8 Å². The molecule has 2 aliphatic heterocycles. The number of hydrogen-bond donors (Lipinski definition) is 1. The van der Waals surface area contributed by atoms with Crippen molar-refractivity contribution in [1.29, 1.82) is 0 Å². The third kappa shape index (κ3) is 3.04. The summed E-state index contributed by atoms with van der Waals surface area (Å²) in [6.45, 7) is 0.331. The fourth-order valence-corrected chi connectivity index (χ4v) is 5.01. The fraction of sp³-hybridized carbons (Fsp3) is 0.240. The van der Waals surface area contributed by atoms with E-state index in [2.05, 4.69) is 27.5 Å². The highest BCUT2D eigenvalue weighted by molar-refractivity contribution is 6.05. The van der Waals surface area contributed by atoms with Crippen molar-refractivity contribution in [2.45, 2.75) is 25.4 Å². The number of aryl methyl sites for hydroxylation is 2. The van der Waals surface area contributed by atoms with Crippen LogP contribution in [0.15, 0.2) is 48.9 Å². The van der Waals surface area contributed by atoms with E-state index in [1.807, 2.05) is 53.8 Å². The zero-order chi connectivity index (χ0) is 23.6. The molecule has 4 aromatic rings. The van der Waals surface area contributed by atoms with Crippen molar-refractivity contribution in [3.63, 3.8) is 0 Å². The molecule has 4 heterocycles. The first-order valence-corrected chi connectivity index (χ1v) is 11.1. The molecule has 0 bridgehead atoms. The van der Waals surface area contributed by atoms with Gasteiger partial charge in [-0.1, -0.05) is 12.1 Å². The van der Waals surface area contributed by atoms with Gasteiger partial charge in [0.25, 0.3) is 5.91 Å². The second kappa shape index (κ2) is 7.38. The molecule has 1 atom stereocenters. The Morgan fingerprint density at radius 3 is 2.68 bits per heavy atom. The molecule has 1 unspecified atom stereocenters. The molecule has 2 aromatic carbocycles. The molecule has 1 saturated heterocycles. The van der Waals surface area contributed by atoms with Gasteiger partial charge in [0, 0.05) is 49.1 Å². The first kappa shape index (κ1) is 20.3. The lowest BCUT2D eigenvalue weighted by Gasteiger charge is -2.29. The summed E-state index contributed by atoms with van der Waals surface area (Å²) < 4.78 is 3.83. The van der Waals surface area contributed by atoms with Gasteiger partial charge in [-0.3, -0.25) is 24.4 Å². The molecule has 0 spiro atoms. The summed E-state index contributed by atoms with van der Waals surface area (Å²) in [5.74, 6) is -0.880. The number of amides is 3. The van der Waals surface area contributed by atoms with E-state index in [4.69, 9.17) is 0 Å². The monoisotopic (exact) mass is 454 g/mol. The lowest BCUT2D eigenvalue weighted by molar-refractivity contribution is -0.136. The van der Waals surface area contributed by atoms with Gasteiger partial charge in [-0.15, -0.1) is 0 Å². The van der Waals surface area contributed by atoms with Crippen molar-refractivity contribution < 1.29 is 14.4 Å². The second-order valence-electron chi connectivity index (χ2n) is 8.87. The van der Waals surface area contributed by atoms with Gasteiger partial charge in [-0.05, 0) is 36.2 Å². The van der Waals surface area contributed by atoms with Crippen molar-refractivity contribution in [3.8, 4) is 22.5 Å². The third-order valence-corrected chi connectivity index (χ3v) is 6.75. The number of rotatable bonds is 3. The van der Waals surface area contributed by atoms with E-state index in [0.717, 1.165) is 39.0 Å². The van der Waals surface area contributed by atoms with E-state index in [1.165, 1.54) is 0 Å². The lowest BCUT2D eigenvalue weighted by Crippen LogP contribution is -2.52. The molecule has 1 fully saturated rings. The van der Waals surface area contributed by atoms with E-state index >= 15 is 0 Å². The van der Waals surface area contributed by atoms with E-state index in [1.54, 1.807) is 11.2 Å². The lowest BCUT2D eigenvalue weighted by atomic mass is 10.00. The van der Waals surface area contributed by atoms with Crippen LogP contribution in [0.25, 0.3) is 33.4 Å². The fourth-order valence-electron chi connectivity index (χ4n) is 5.01. The van der Waals surface area contributed by atoms with Crippen molar-refractivity contribution >= 4 is 28.6 Å². The summed E-state index contributed by atoms with van der Waals surface area (Å²) in [6.07, 6.45) is 4.21. The number of carbonyl (C=O) groups excluding carboxylic acids is 3. The van der Waals surface area contributed by atoms with E-state index < -0.39 is 11.9 Å². The predicted molar refractivity (Wildman–Crippen MR) is 124 cm³/mol. The van der Waals surface area contributed by atoms with Gasteiger partial charge >= 0.3 is 0 Å². The van der Waals surface area contributed by atoms with Crippen LogP contribution in [-0.2, 0) is 30.2 Å². The molecule has 2 aliphatic rings. The Kier molecular flexibility index (Phi) is 4.41. The molecule has 9 heteroatoms. The van der Waals surface area contributed by atoms with Crippen LogP contribution in [0, 0.1) is 0 Å². The Morgan fingerprint density at radius 1 is 1.03 bits per heavy atom. The second-order valence-corrected chi connectivity index (χ2v) is 8.87. The Labute approximate surface area is 195 Å². The number of hydrogen-bond acceptors (Lipinski definition) is 5. The molecule has 9 nitrogen and oxygen atoms in total. The molecular weight excluding hydrogens is 432 g/mol. The van der Waals surface area contributed by atoms with Crippen LogP contribution in [0.5, 0.6) is 0 Å². The number of piperidine rings is 1. The van der Waals surface area contributed by atoms with Gasteiger partial charge in [0.2, 0.25) is 11.8 Å². The minimum absolute atomic E-state index is 0.181. The van der Waals surface area contributed by atoms with Gasteiger partial charge in [0.1, 0.15) is 6.04 Å². The van der Waals surface area contributed by atoms with Gasteiger partial charge in [-0.2, -0.15) is 5.10 Å². The molecule has 34 heavy (non-hydrogen) atoms. The van der Waals surface area contributed by atoms with E-state index in [-0.39, 0.29) is 18.2 Å². The highest BCUT2D eigenvalue weighted by atomic mass is 16.2. The molecular formula is C25H22N6O3. The van der Waals surface area contributed by atoms with Gasteiger partial charge in [-0.25, -0.2) is 4.98 Å². The Morgan fingerprint density at radius 2 is 1.85 bits per heavy atom. The average Bonchev–Trinajstić information content (AvgIpc) is 3.49. The van der Waals surface area contributed by atoms with Crippen LogP contribution in [0.4, 0.5) is 0 Å². The maximum absolute atomic E-state index is 13.0. The molecule has 0 radical (unpaired) electrons. The SMILES string of the molecule is Cn1cnc(-c2ccc3c(c2)CN(C2CCC(=O)NC2=O)C3=O)c1-c1ccc2c(cnn2C)c1. The number of nitrogens with one attached hydrogen (secondary N) is 1. The molecule has 0 saturated carbocycles. The topological polar surface area (TPSA) is 102 Å². The zero-order valence-electron chi connectivity index (χ0n) is 18.8. The Balaban J connectivity index is 1.36. The van der Waals surface area contributed by atoms with E-state index in [0.29, 0.717) is 18.5 Å². The molecule has 6 rings (SSSR count). The number of fused-ring (bicyclic) bond motifs is 2. The van der Waals surface area contributed by atoms with Crippen LogP contribution >= 0.6 is 0 Å². The van der Waals surface area contributed by atoms with Crippen LogP contribution in [-0.4, -0.2) is 48.0 Å². The molecule has 1 N–H and O–H groups in total. The summed E-state index contributed by atoms with van der Waals surface area (Å²) >= 11 is 0. The summed E-state index contributed by atoms with van der Waals surface area (Å²) in [7, 11) is 3.88. The maximum atomic E-state index is 13.0. The highest BCUT2D eigenvalue weighted by Crippen LogP contribution is 2.35. The largest absolute Gasteiger partial charge is 0.333 e. The normalized spacial score (nSPS) is 18.0. The zero-order valence-corrected chi connectivity index (χ0v) is 18.8. The Hall–Kier alpha value is -4.27. The molecule has 3 amide bonds. The highest BCUT2D eigenvalue weighted by Gasteiger charge is 2.39. The number of carbonyl (C=O) groups is 3. The van der Waals surface area contributed by atoms with Gasteiger partial charge in [0.05, 0.1) is 29.4 Å². The van der Waals surface area contributed by atoms with Crippen molar-refractivity contribution in [3.05, 3.63) is 60.0 Å². The standard InChI is InChI=1S/C25H22N6O3/c1-29-13-26-22(23(29)15-4-6-19-16(10-15)11-27-30(19)2)14-3-5-18-17(9-14)12-31(25(18)34)20-7-8-21(32)28-24(20)33/h3-6,9-11,13,20H,7-8,12H2,1-2H3,(H,28,32,33). The predicted octanol–water partition coefficient (Wildman–Crippen LogP) is 2.40. The van der Waals surface area contributed by atoms with Crippen LogP contribution in [0.3, 0.4) is 0 Å². The number of nitrogens with zero attached hydrogens (tertiary/aromatic N) is 5. The van der Waals surface area contributed by atoms with Gasteiger partial charge < -0.3 is 9.47 Å². The molecule has 0 aliphatic carbocycles. The minimum atomic E-state index is -0.627. The van der Waals surface area contributed by atoms with Crippen molar-refractivity contribution in [2.24, 2.45) is 14.1 Å². The first-order chi connectivity index (χ1) is 16.4. The number of aromatic nitrogens is 4. The van der Waals surface area contributed by atoms with Crippen molar-refractivity contribution in [2.75, 3.05) is 0 Å². The molecule has 170 valence electrons. The van der Waals surface area contributed by atoms with Gasteiger partial charge in [0.15, 0.2) is 0 Å². The van der Waals surface area contributed by atoms with Crippen molar-refractivity contribution in [1.82, 2.24) is 29.5 Å². The van der Waals surface area contributed by atoms with Crippen LogP contribution in [0.2, 0.25) is 0 Å². The van der Waals surface area contributed by atoms with Crippen LogP contribution < -0.4 is 5.32 Å². The van der Waals surface area contributed by atoms with E-state index in [9.17, 15) is 14.4 Å². The first-order valence-electron chi connectivity index (χ1n) is 11.1. The number of imide groups is 1. The number of imidazole rings is 1. The summed E-state index contributed by atoms with van der Waals surface area (Å²) in [4.78, 5) is 43.1. The molecule has 2 aromatic heterocycles. The third-order valence-electron chi connectivity index (χ3n) is 6.75. The minimum Gasteiger partial charge on any atom is -0.333 e.